The number of hydrogen-bond donors (Lipinski definition) is 0. The van der Waals surface area contributed by atoms with E-state index in [9.17, 15) is 9.59 Å². The van der Waals surface area contributed by atoms with Gasteiger partial charge >= 0.3 is 5.97 Å². The van der Waals surface area contributed by atoms with Gasteiger partial charge in [0.15, 0.2) is 0 Å². The van der Waals surface area contributed by atoms with E-state index in [-0.39, 0.29) is 18.6 Å². The van der Waals surface area contributed by atoms with Crippen molar-refractivity contribution in [2.24, 2.45) is 0 Å². The van der Waals surface area contributed by atoms with Gasteiger partial charge in [-0.15, -0.1) is 0 Å². The standard InChI is InChI=1S/C14H18O3/c1-14(2,3)17-13(16)10-12(15)9-11-7-5-4-6-8-11/h4-8H,9-10H2,1-3H3. The maximum absolute atomic E-state index is 11.6. The summed E-state index contributed by atoms with van der Waals surface area (Å²) in [5, 5.41) is 0. The van der Waals surface area contributed by atoms with Gasteiger partial charge in [-0.2, -0.15) is 0 Å². The third-order valence-corrected chi connectivity index (χ3v) is 2.01. The lowest BCUT2D eigenvalue weighted by Crippen LogP contribution is -2.25. The summed E-state index contributed by atoms with van der Waals surface area (Å²) < 4.78 is 5.09. The van der Waals surface area contributed by atoms with Crippen LogP contribution in [0.4, 0.5) is 0 Å². The highest BCUT2D eigenvalue weighted by Gasteiger charge is 2.18. The zero-order chi connectivity index (χ0) is 12.9. The molecule has 1 aromatic rings. The SMILES string of the molecule is CC(C)(C)OC(=O)CC(=O)Cc1ccccc1. The Morgan fingerprint density at radius 2 is 1.71 bits per heavy atom. The highest BCUT2D eigenvalue weighted by atomic mass is 16.6. The van der Waals surface area contributed by atoms with Crippen LogP contribution in [0.1, 0.15) is 32.8 Å². The normalized spacial score (nSPS) is 11.0. The van der Waals surface area contributed by atoms with Gasteiger partial charge in [-0.3, -0.25) is 9.59 Å². The molecule has 92 valence electrons. The van der Waals surface area contributed by atoms with E-state index < -0.39 is 11.6 Å². The monoisotopic (exact) mass is 234 g/mol. The van der Waals surface area contributed by atoms with Crippen molar-refractivity contribution in [2.45, 2.75) is 39.2 Å². The van der Waals surface area contributed by atoms with Gasteiger partial charge in [-0.1, -0.05) is 30.3 Å². The minimum Gasteiger partial charge on any atom is -0.460 e. The molecule has 1 rings (SSSR count). The fourth-order valence-corrected chi connectivity index (χ4v) is 1.42. The van der Waals surface area contributed by atoms with E-state index in [1.807, 2.05) is 30.3 Å². The number of Topliss-reactive ketones (excluding diaryl/α,β-unsaturated/α-hetero) is 1. The quantitative estimate of drug-likeness (QED) is 0.594. The van der Waals surface area contributed by atoms with Crippen LogP contribution in [0.2, 0.25) is 0 Å². The van der Waals surface area contributed by atoms with Gasteiger partial charge in [-0.25, -0.2) is 0 Å². The lowest BCUT2D eigenvalue weighted by molar-refractivity contribution is -0.156. The molecule has 0 aliphatic heterocycles. The predicted molar refractivity (Wildman–Crippen MR) is 65.6 cm³/mol. The summed E-state index contributed by atoms with van der Waals surface area (Å²) in [6.07, 6.45) is 0.117. The van der Waals surface area contributed by atoms with Gasteiger partial charge in [0.25, 0.3) is 0 Å². The van der Waals surface area contributed by atoms with Crippen molar-refractivity contribution in [1.82, 2.24) is 0 Å². The zero-order valence-electron chi connectivity index (χ0n) is 10.5. The Bertz CT molecular complexity index is 388. The van der Waals surface area contributed by atoms with Crippen molar-refractivity contribution in [3.63, 3.8) is 0 Å². The Morgan fingerprint density at radius 1 is 1.12 bits per heavy atom. The first-order chi connectivity index (χ1) is 7.87. The topological polar surface area (TPSA) is 43.4 Å². The van der Waals surface area contributed by atoms with Crippen molar-refractivity contribution in [2.75, 3.05) is 0 Å². The van der Waals surface area contributed by atoms with Gasteiger partial charge in [0.05, 0.1) is 0 Å². The number of benzene rings is 1. The molecule has 0 radical (unpaired) electrons. The fraction of sp³-hybridized carbons (Fsp3) is 0.429. The van der Waals surface area contributed by atoms with Crippen LogP contribution in [-0.2, 0) is 20.7 Å². The molecule has 17 heavy (non-hydrogen) atoms. The smallest absolute Gasteiger partial charge is 0.313 e. The average Bonchev–Trinajstić information content (AvgIpc) is 2.15. The first kappa shape index (κ1) is 13.4. The van der Waals surface area contributed by atoms with E-state index in [1.165, 1.54) is 0 Å². The number of ketones is 1. The molecule has 0 spiro atoms. The Kier molecular flexibility index (Phi) is 4.44. The minimum absolute atomic E-state index is 0.120. The van der Waals surface area contributed by atoms with Gasteiger partial charge in [0.2, 0.25) is 0 Å². The minimum atomic E-state index is -0.538. The molecule has 0 N–H and O–H groups in total. The van der Waals surface area contributed by atoms with E-state index in [4.69, 9.17) is 4.74 Å². The lowest BCUT2D eigenvalue weighted by atomic mass is 10.1. The van der Waals surface area contributed by atoms with Crippen molar-refractivity contribution < 1.29 is 14.3 Å². The van der Waals surface area contributed by atoms with Crippen LogP contribution in [0, 0.1) is 0 Å². The van der Waals surface area contributed by atoms with Gasteiger partial charge in [0, 0.05) is 6.42 Å². The summed E-state index contributed by atoms with van der Waals surface area (Å²) in [5.41, 5.74) is 0.380. The highest BCUT2D eigenvalue weighted by Crippen LogP contribution is 2.09. The van der Waals surface area contributed by atoms with Crippen LogP contribution in [0.15, 0.2) is 30.3 Å². The van der Waals surface area contributed by atoms with Crippen LogP contribution in [0.3, 0.4) is 0 Å². The molecule has 0 aliphatic carbocycles. The lowest BCUT2D eigenvalue weighted by Gasteiger charge is -2.19. The van der Waals surface area contributed by atoms with Gasteiger partial charge in [0.1, 0.15) is 17.8 Å². The molecule has 0 unspecified atom stereocenters. The van der Waals surface area contributed by atoms with Crippen LogP contribution in [-0.4, -0.2) is 17.4 Å². The summed E-state index contributed by atoms with van der Waals surface area (Å²) in [4.78, 5) is 23.0. The Morgan fingerprint density at radius 3 is 2.24 bits per heavy atom. The summed E-state index contributed by atoms with van der Waals surface area (Å²) in [7, 11) is 0. The average molecular weight is 234 g/mol. The number of rotatable bonds is 4. The summed E-state index contributed by atoms with van der Waals surface area (Å²) in [6, 6.07) is 9.37. The molecule has 0 saturated heterocycles. The molecular weight excluding hydrogens is 216 g/mol. The highest BCUT2D eigenvalue weighted by molar-refractivity contribution is 5.96. The van der Waals surface area contributed by atoms with Gasteiger partial charge in [-0.05, 0) is 26.3 Å². The molecule has 0 aromatic heterocycles. The fourth-order valence-electron chi connectivity index (χ4n) is 1.42. The van der Waals surface area contributed by atoms with Crippen molar-refractivity contribution in [3.8, 4) is 0 Å². The second kappa shape index (κ2) is 5.62. The molecule has 0 heterocycles. The third-order valence-electron chi connectivity index (χ3n) is 2.01. The number of carbonyl (C=O) groups excluding carboxylic acids is 2. The number of ether oxygens (including phenoxy) is 1. The van der Waals surface area contributed by atoms with Crippen LogP contribution in [0.25, 0.3) is 0 Å². The van der Waals surface area contributed by atoms with E-state index >= 15 is 0 Å². The molecule has 0 aliphatic rings. The maximum Gasteiger partial charge on any atom is 0.313 e. The molecule has 0 fully saturated rings. The Balaban J connectivity index is 2.43. The first-order valence-electron chi connectivity index (χ1n) is 5.64. The summed E-state index contributed by atoms with van der Waals surface area (Å²) in [6.45, 7) is 5.35. The number of hydrogen-bond acceptors (Lipinski definition) is 3. The number of esters is 1. The van der Waals surface area contributed by atoms with Crippen LogP contribution in [0.5, 0.6) is 0 Å². The molecule has 3 nitrogen and oxygen atoms in total. The van der Waals surface area contributed by atoms with E-state index in [2.05, 4.69) is 0 Å². The number of carbonyl (C=O) groups is 2. The van der Waals surface area contributed by atoms with Crippen molar-refractivity contribution >= 4 is 11.8 Å². The summed E-state index contributed by atoms with van der Waals surface area (Å²) >= 11 is 0. The van der Waals surface area contributed by atoms with Gasteiger partial charge < -0.3 is 4.74 Å². The summed E-state index contributed by atoms with van der Waals surface area (Å²) in [5.74, 6) is -0.580. The zero-order valence-corrected chi connectivity index (χ0v) is 10.5. The third kappa shape index (κ3) is 5.85. The second-order valence-electron chi connectivity index (χ2n) is 4.96. The molecule has 0 amide bonds. The second-order valence-corrected chi connectivity index (χ2v) is 4.96. The van der Waals surface area contributed by atoms with E-state index in [0.717, 1.165) is 5.56 Å². The van der Waals surface area contributed by atoms with Crippen molar-refractivity contribution in [1.29, 1.82) is 0 Å². The van der Waals surface area contributed by atoms with Crippen molar-refractivity contribution in [3.05, 3.63) is 35.9 Å². The predicted octanol–water partition coefficient (Wildman–Crippen LogP) is 2.53. The molecular formula is C14H18O3. The Labute approximate surface area is 102 Å². The molecule has 0 saturated carbocycles. The molecule has 1 aromatic carbocycles. The molecule has 0 atom stereocenters. The first-order valence-corrected chi connectivity index (χ1v) is 5.64. The van der Waals surface area contributed by atoms with Crippen LogP contribution < -0.4 is 0 Å². The van der Waals surface area contributed by atoms with E-state index in [0.29, 0.717) is 0 Å². The largest absolute Gasteiger partial charge is 0.460 e. The van der Waals surface area contributed by atoms with E-state index in [1.54, 1.807) is 20.8 Å². The molecule has 0 bridgehead atoms. The maximum atomic E-state index is 11.6. The molecule has 3 heteroatoms. The van der Waals surface area contributed by atoms with Crippen LogP contribution >= 0.6 is 0 Å². The Hall–Kier alpha value is -1.64.